The number of aromatic hydroxyl groups is 2. The van der Waals surface area contributed by atoms with Crippen molar-refractivity contribution in [3.05, 3.63) is 64.4 Å². The molecule has 3 rings (SSSR count). The second-order valence-corrected chi connectivity index (χ2v) is 5.53. The summed E-state index contributed by atoms with van der Waals surface area (Å²) in [4.78, 5) is 0. The van der Waals surface area contributed by atoms with E-state index in [2.05, 4.69) is 11.8 Å². The molecule has 0 fully saturated rings. The number of nitrogens with one attached hydrogen (secondary N) is 1. The Hall–Kier alpha value is -2.48. The molecule has 1 aromatic carbocycles. The van der Waals surface area contributed by atoms with Crippen LogP contribution >= 0.6 is 0 Å². The maximum absolute atomic E-state index is 12.1. The highest BCUT2D eigenvalue weighted by Gasteiger charge is 2.32. The lowest BCUT2D eigenvalue weighted by molar-refractivity contribution is -0.848. The summed E-state index contributed by atoms with van der Waals surface area (Å²) in [5, 5.41) is 31.4. The summed E-state index contributed by atoms with van der Waals surface area (Å²) in [5.41, 5.74) is 2.94. The van der Waals surface area contributed by atoms with Gasteiger partial charge in [-0.15, -0.1) is 0 Å². The van der Waals surface area contributed by atoms with Gasteiger partial charge in [0.05, 0.1) is 13.0 Å². The number of hydrogen-bond acceptors (Lipinski definition) is 3. The quantitative estimate of drug-likeness (QED) is 0.439. The molecule has 0 spiro atoms. The Kier molecular flexibility index (Phi) is 3.76. The van der Waals surface area contributed by atoms with Gasteiger partial charge in [0.15, 0.2) is 11.5 Å². The van der Waals surface area contributed by atoms with Crippen LogP contribution in [0.1, 0.15) is 17.9 Å². The number of allylic oxidation sites excluding steroid dienone is 4. The zero-order chi connectivity index (χ0) is 15.7. The molecule has 0 saturated carbocycles. The molecule has 2 aliphatic rings. The van der Waals surface area contributed by atoms with Gasteiger partial charge in [-0.05, 0) is 47.1 Å². The van der Waals surface area contributed by atoms with Crippen molar-refractivity contribution >= 4 is 0 Å². The van der Waals surface area contributed by atoms with Crippen molar-refractivity contribution in [2.24, 2.45) is 0 Å². The minimum Gasteiger partial charge on any atom is -0.634 e. The predicted molar refractivity (Wildman–Crippen MR) is 84.3 cm³/mol. The maximum atomic E-state index is 12.1. The van der Waals surface area contributed by atoms with Crippen molar-refractivity contribution in [1.29, 1.82) is 0 Å². The molecule has 112 valence electrons. The Balaban J connectivity index is 2.12. The van der Waals surface area contributed by atoms with Crippen molar-refractivity contribution in [3.8, 4) is 23.3 Å². The average molecular weight is 295 g/mol. The number of hydroxylamine groups is 2. The summed E-state index contributed by atoms with van der Waals surface area (Å²) in [6.07, 6.45) is 8.22. The lowest BCUT2D eigenvalue weighted by Crippen LogP contribution is -3.08. The lowest BCUT2D eigenvalue weighted by atomic mass is 9.77. The molecule has 2 aliphatic carbocycles. The molecule has 0 radical (unpaired) electrons. The highest BCUT2D eigenvalue weighted by atomic mass is 16.5. The number of phenols is 2. The second kappa shape index (κ2) is 5.72. The van der Waals surface area contributed by atoms with Crippen molar-refractivity contribution in [2.75, 3.05) is 7.05 Å². The van der Waals surface area contributed by atoms with Crippen LogP contribution in [0, 0.1) is 17.0 Å². The van der Waals surface area contributed by atoms with E-state index in [1.807, 2.05) is 24.3 Å². The molecule has 1 aromatic rings. The van der Waals surface area contributed by atoms with E-state index in [-0.39, 0.29) is 28.5 Å². The van der Waals surface area contributed by atoms with Gasteiger partial charge >= 0.3 is 0 Å². The van der Waals surface area contributed by atoms with Crippen LogP contribution in [-0.2, 0) is 0 Å². The van der Waals surface area contributed by atoms with Gasteiger partial charge in [0.25, 0.3) is 0 Å². The minimum atomic E-state index is -0.281. The van der Waals surface area contributed by atoms with Crippen LogP contribution in [-0.4, -0.2) is 23.3 Å². The number of hydrogen-bond donors (Lipinski definition) is 3. The fourth-order valence-corrected chi connectivity index (χ4v) is 3.05. The molecule has 3 atom stereocenters. The molecule has 3 N–H and O–H groups in total. The predicted octanol–water partition coefficient (Wildman–Crippen LogP) is 1.39. The van der Waals surface area contributed by atoms with Crippen LogP contribution in [0.4, 0.5) is 0 Å². The Morgan fingerprint density at radius 2 is 2.05 bits per heavy atom. The summed E-state index contributed by atoms with van der Waals surface area (Å²) in [7, 11) is 1.58. The molecule has 4 heteroatoms. The lowest BCUT2D eigenvalue weighted by Gasteiger charge is -2.36. The van der Waals surface area contributed by atoms with Gasteiger partial charge in [-0.3, -0.25) is 0 Å². The molecule has 3 unspecified atom stereocenters. The zero-order valence-electron chi connectivity index (χ0n) is 12.2. The standard InChI is InChI=1S/C18H17NO3/c1-19(22)15-9-7-12-5-3-2-4-6-14(12)18(15)13-8-10-16(20)17(21)11-13/h3,5,7-11,15,18-21H,6H2,1H3. The molecule has 0 aliphatic heterocycles. The SMILES string of the molecule is C[NH+]([O-])C1C=CC2=C(CC#CC=C2)C1c1ccc(O)c(O)c1. The Labute approximate surface area is 129 Å². The largest absolute Gasteiger partial charge is 0.634 e. The average Bonchev–Trinajstić information content (AvgIpc) is 2.74. The van der Waals surface area contributed by atoms with Crippen LogP contribution in [0.5, 0.6) is 11.5 Å². The highest BCUT2D eigenvalue weighted by Crippen LogP contribution is 2.39. The van der Waals surface area contributed by atoms with Crippen LogP contribution in [0.2, 0.25) is 0 Å². The summed E-state index contributed by atoms with van der Waals surface area (Å²) in [6.45, 7) is 0. The number of likely N-dealkylation sites (N-methyl/N-ethyl adjacent to an activating group) is 1. The highest BCUT2D eigenvalue weighted by molar-refractivity contribution is 5.53. The van der Waals surface area contributed by atoms with Crippen molar-refractivity contribution < 1.29 is 15.3 Å². The summed E-state index contributed by atoms with van der Waals surface area (Å²) in [6, 6.07) is 4.46. The van der Waals surface area contributed by atoms with Gasteiger partial charge in [0.1, 0.15) is 6.04 Å². The van der Waals surface area contributed by atoms with E-state index in [9.17, 15) is 15.4 Å². The van der Waals surface area contributed by atoms with E-state index in [1.54, 1.807) is 13.1 Å². The van der Waals surface area contributed by atoms with Gasteiger partial charge in [-0.1, -0.05) is 24.0 Å². The Bertz CT molecular complexity index is 747. The molecule has 0 aromatic heterocycles. The van der Waals surface area contributed by atoms with Gasteiger partial charge in [-0.2, -0.15) is 0 Å². The second-order valence-electron chi connectivity index (χ2n) is 5.53. The number of quaternary nitrogens is 1. The first kappa shape index (κ1) is 14.5. The van der Waals surface area contributed by atoms with Crippen LogP contribution in [0.25, 0.3) is 0 Å². The number of rotatable bonds is 2. The van der Waals surface area contributed by atoms with Crippen LogP contribution in [0.3, 0.4) is 0 Å². The summed E-state index contributed by atoms with van der Waals surface area (Å²) < 4.78 is 0. The first-order valence-electron chi connectivity index (χ1n) is 7.16. The normalized spacial score (nSPS) is 24.3. The van der Waals surface area contributed by atoms with E-state index in [0.29, 0.717) is 6.42 Å². The fourth-order valence-electron chi connectivity index (χ4n) is 3.05. The van der Waals surface area contributed by atoms with Crippen LogP contribution in [0.15, 0.2) is 53.6 Å². The van der Waals surface area contributed by atoms with Crippen molar-refractivity contribution in [1.82, 2.24) is 0 Å². The van der Waals surface area contributed by atoms with E-state index < -0.39 is 0 Å². The third-order valence-electron chi connectivity index (χ3n) is 4.14. The summed E-state index contributed by atoms with van der Waals surface area (Å²) in [5.74, 6) is 5.54. The Morgan fingerprint density at radius 1 is 1.23 bits per heavy atom. The zero-order valence-corrected chi connectivity index (χ0v) is 12.2. The molecule has 0 saturated heterocycles. The maximum Gasteiger partial charge on any atom is 0.157 e. The van der Waals surface area contributed by atoms with E-state index >= 15 is 0 Å². The molecular formula is C18H17NO3. The molecule has 4 nitrogen and oxygen atoms in total. The molecule has 22 heavy (non-hydrogen) atoms. The Morgan fingerprint density at radius 3 is 2.77 bits per heavy atom. The monoisotopic (exact) mass is 295 g/mol. The van der Waals surface area contributed by atoms with E-state index in [0.717, 1.165) is 16.7 Å². The molecule has 0 bridgehead atoms. The van der Waals surface area contributed by atoms with E-state index in [4.69, 9.17) is 0 Å². The van der Waals surface area contributed by atoms with Crippen molar-refractivity contribution in [2.45, 2.75) is 18.4 Å². The topological polar surface area (TPSA) is 68.0 Å². The number of benzene rings is 1. The first-order valence-corrected chi connectivity index (χ1v) is 7.16. The molecule has 0 heterocycles. The smallest absolute Gasteiger partial charge is 0.157 e. The third-order valence-corrected chi connectivity index (χ3v) is 4.14. The van der Waals surface area contributed by atoms with Crippen molar-refractivity contribution in [3.63, 3.8) is 0 Å². The third kappa shape index (κ3) is 2.52. The minimum absolute atomic E-state index is 0.0709. The van der Waals surface area contributed by atoms with Gasteiger partial charge in [0, 0.05) is 6.42 Å². The van der Waals surface area contributed by atoms with Crippen LogP contribution < -0.4 is 5.06 Å². The van der Waals surface area contributed by atoms with Gasteiger partial charge in [0.2, 0.25) is 0 Å². The number of phenolic OH excluding ortho intramolecular Hbond substituents is 2. The molecule has 0 amide bonds. The first-order chi connectivity index (χ1) is 10.6. The summed E-state index contributed by atoms with van der Waals surface area (Å²) >= 11 is 0. The fraction of sp³-hybridized carbons (Fsp3) is 0.222. The van der Waals surface area contributed by atoms with Gasteiger partial charge < -0.3 is 20.5 Å². The van der Waals surface area contributed by atoms with Gasteiger partial charge in [-0.25, -0.2) is 0 Å². The molecular weight excluding hydrogens is 278 g/mol. The van der Waals surface area contributed by atoms with E-state index in [1.165, 1.54) is 12.1 Å².